The summed E-state index contributed by atoms with van der Waals surface area (Å²) in [5, 5.41) is 14.1. The lowest BCUT2D eigenvalue weighted by atomic mass is 10.0. The number of aliphatic hydroxyl groups is 1. The maximum Gasteiger partial charge on any atom is 0.270 e. The Morgan fingerprint density at radius 3 is 2.79 bits per heavy atom. The van der Waals surface area contributed by atoms with Crippen LogP contribution in [0.3, 0.4) is 0 Å². The molecule has 1 aliphatic heterocycles. The zero-order chi connectivity index (χ0) is 24.1. The van der Waals surface area contributed by atoms with Crippen LogP contribution in [0.1, 0.15) is 40.0 Å². The topological polar surface area (TPSA) is 97.6 Å². The number of halogens is 1. The van der Waals surface area contributed by atoms with E-state index in [-0.39, 0.29) is 31.6 Å². The minimum absolute atomic E-state index is 0.156. The van der Waals surface area contributed by atoms with Gasteiger partial charge in [-0.1, -0.05) is 29.8 Å². The molecule has 3 heterocycles. The molecule has 0 unspecified atom stereocenters. The minimum atomic E-state index is -0.423. The molecule has 3 aromatic rings. The van der Waals surface area contributed by atoms with Crippen LogP contribution in [-0.2, 0) is 19.7 Å². The van der Waals surface area contributed by atoms with Gasteiger partial charge in [0.15, 0.2) is 5.78 Å². The average molecular weight is 483 g/mol. The Kier molecular flexibility index (Phi) is 7.72. The first-order valence-corrected chi connectivity index (χ1v) is 11.6. The molecule has 1 atom stereocenters. The summed E-state index contributed by atoms with van der Waals surface area (Å²) in [6, 6.07) is 10.7. The van der Waals surface area contributed by atoms with Gasteiger partial charge in [0.2, 0.25) is 0 Å². The number of pyridine rings is 1. The zero-order valence-electron chi connectivity index (χ0n) is 19.0. The molecule has 1 saturated heterocycles. The van der Waals surface area contributed by atoms with Crippen LogP contribution < -0.4 is 10.3 Å². The van der Waals surface area contributed by atoms with Gasteiger partial charge in [0.1, 0.15) is 18.9 Å². The summed E-state index contributed by atoms with van der Waals surface area (Å²) in [6.07, 6.45) is 5.03. The smallest absolute Gasteiger partial charge is 0.270 e. The predicted octanol–water partition coefficient (Wildman–Crippen LogP) is 3.02. The molecule has 0 spiro atoms. The van der Waals surface area contributed by atoms with Crippen LogP contribution in [0.25, 0.3) is 0 Å². The number of aryl methyl sites for hydroxylation is 1. The first-order valence-electron chi connectivity index (χ1n) is 11.2. The molecular weight excluding hydrogens is 456 g/mol. The molecule has 1 N–H and O–H groups in total. The van der Waals surface area contributed by atoms with Crippen molar-refractivity contribution in [1.29, 1.82) is 0 Å². The second-order valence-corrected chi connectivity index (χ2v) is 8.90. The maximum atomic E-state index is 12.9. The summed E-state index contributed by atoms with van der Waals surface area (Å²) in [5.41, 5.74) is 2.76. The van der Waals surface area contributed by atoms with Crippen molar-refractivity contribution in [2.45, 2.75) is 45.5 Å². The number of hydrogen-bond acceptors (Lipinski definition) is 7. The third-order valence-corrected chi connectivity index (χ3v) is 6.22. The van der Waals surface area contributed by atoms with Crippen LogP contribution in [0, 0.1) is 6.92 Å². The van der Waals surface area contributed by atoms with E-state index in [0.29, 0.717) is 22.0 Å². The molecule has 178 valence electrons. The first kappa shape index (κ1) is 24.1. The van der Waals surface area contributed by atoms with Crippen molar-refractivity contribution in [3.05, 3.63) is 86.6 Å². The second-order valence-electron chi connectivity index (χ2n) is 8.47. The van der Waals surface area contributed by atoms with Crippen LogP contribution in [0.4, 0.5) is 0 Å². The Morgan fingerprint density at radius 1 is 1.24 bits per heavy atom. The number of aliphatic hydroxyl groups excluding tert-OH is 1. The SMILES string of the molecule is Cc1cc(CN2CCC[C@H]2CO)ccc1C(=O)Cn1ncc(OCc2ccc(Cl)cn2)cc1=O. The third-order valence-electron chi connectivity index (χ3n) is 6.00. The van der Waals surface area contributed by atoms with E-state index >= 15 is 0 Å². The van der Waals surface area contributed by atoms with Gasteiger partial charge in [0, 0.05) is 30.4 Å². The first-order chi connectivity index (χ1) is 16.4. The lowest BCUT2D eigenvalue weighted by Crippen LogP contribution is -2.31. The fourth-order valence-electron chi connectivity index (χ4n) is 4.17. The largest absolute Gasteiger partial charge is 0.485 e. The summed E-state index contributed by atoms with van der Waals surface area (Å²) in [4.78, 5) is 31.7. The van der Waals surface area contributed by atoms with Gasteiger partial charge in [0.05, 0.1) is 23.5 Å². The number of ether oxygens (including phenoxy) is 1. The van der Waals surface area contributed by atoms with Gasteiger partial charge < -0.3 is 9.84 Å². The standard InChI is InChI=1S/C25H27ClN4O4/c1-17-9-18(13-29-8-2-3-21(29)15-31)4-7-23(17)24(32)14-30-25(33)10-22(12-28-30)34-16-20-6-5-19(26)11-27-20/h4-7,9-12,21,31H,2-3,8,13-16H2,1H3/t21-/m0/s1. The van der Waals surface area contributed by atoms with Gasteiger partial charge in [0.25, 0.3) is 5.56 Å². The van der Waals surface area contributed by atoms with Gasteiger partial charge in [-0.2, -0.15) is 5.10 Å². The maximum absolute atomic E-state index is 12.9. The van der Waals surface area contributed by atoms with Gasteiger partial charge in [-0.15, -0.1) is 0 Å². The molecule has 1 aliphatic rings. The molecule has 2 aromatic heterocycles. The van der Waals surface area contributed by atoms with E-state index < -0.39 is 5.56 Å². The molecule has 0 amide bonds. The molecule has 0 bridgehead atoms. The Labute approximate surface area is 202 Å². The molecule has 8 nitrogen and oxygen atoms in total. The van der Waals surface area contributed by atoms with E-state index in [1.165, 1.54) is 18.5 Å². The molecule has 0 saturated carbocycles. The second kappa shape index (κ2) is 10.9. The summed E-state index contributed by atoms with van der Waals surface area (Å²) in [6.45, 7) is 3.78. The summed E-state index contributed by atoms with van der Waals surface area (Å²) >= 11 is 5.82. The van der Waals surface area contributed by atoms with E-state index in [0.717, 1.165) is 41.7 Å². The molecule has 1 fully saturated rings. The van der Waals surface area contributed by atoms with Crippen molar-refractivity contribution in [3.63, 3.8) is 0 Å². The lowest BCUT2D eigenvalue weighted by Gasteiger charge is -2.23. The Morgan fingerprint density at radius 2 is 2.09 bits per heavy atom. The van der Waals surface area contributed by atoms with Crippen LogP contribution in [0.15, 0.2) is 53.6 Å². The van der Waals surface area contributed by atoms with Crippen molar-refractivity contribution in [2.24, 2.45) is 0 Å². The van der Waals surface area contributed by atoms with E-state index in [1.807, 2.05) is 19.1 Å². The highest BCUT2D eigenvalue weighted by molar-refractivity contribution is 6.30. The van der Waals surface area contributed by atoms with Crippen molar-refractivity contribution in [2.75, 3.05) is 13.2 Å². The number of carbonyl (C=O) groups excluding carboxylic acids is 1. The number of benzene rings is 1. The predicted molar refractivity (Wildman–Crippen MR) is 128 cm³/mol. The van der Waals surface area contributed by atoms with Crippen LogP contribution in [0.2, 0.25) is 5.02 Å². The van der Waals surface area contributed by atoms with Gasteiger partial charge in [-0.05, 0) is 49.6 Å². The molecule has 9 heteroatoms. The Hall–Kier alpha value is -3.07. The number of nitrogens with zero attached hydrogens (tertiary/aromatic N) is 4. The summed E-state index contributed by atoms with van der Waals surface area (Å²) < 4.78 is 6.70. The Bertz CT molecular complexity index is 1210. The summed E-state index contributed by atoms with van der Waals surface area (Å²) in [7, 11) is 0. The zero-order valence-corrected chi connectivity index (χ0v) is 19.7. The average Bonchev–Trinajstić information content (AvgIpc) is 3.27. The van der Waals surface area contributed by atoms with E-state index in [4.69, 9.17) is 16.3 Å². The monoisotopic (exact) mass is 482 g/mol. The molecule has 34 heavy (non-hydrogen) atoms. The minimum Gasteiger partial charge on any atom is -0.485 e. The van der Waals surface area contributed by atoms with Crippen LogP contribution >= 0.6 is 11.6 Å². The number of rotatable bonds is 9. The van der Waals surface area contributed by atoms with E-state index in [9.17, 15) is 14.7 Å². The lowest BCUT2D eigenvalue weighted by molar-refractivity contribution is 0.0964. The quantitative estimate of drug-likeness (QED) is 0.468. The number of likely N-dealkylation sites (tertiary alicyclic amines) is 1. The van der Waals surface area contributed by atoms with Crippen LogP contribution in [-0.4, -0.2) is 49.7 Å². The highest BCUT2D eigenvalue weighted by Gasteiger charge is 2.23. The Balaban J connectivity index is 1.38. The van der Waals surface area contributed by atoms with Crippen molar-refractivity contribution in [1.82, 2.24) is 19.7 Å². The van der Waals surface area contributed by atoms with Crippen molar-refractivity contribution >= 4 is 17.4 Å². The highest BCUT2D eigenvalue weighted by atomic mass is 35.5. The number of ketones is 1. The van der Waals surface area contributed by atoms with E-state index in [1.54, 1.807) is 18.2 Å². The van der Waals surface area contributed by atoms with Gasteiger partial charge >= 0.3 is 0 Å². The molecule has 4 rings (SSSR count). The number of carbonyl (C=O) groups is 1. The van der Waals surface area contributed by atoms with E-state index in [2.05, 4.69) is 15.0 Å². The highest BCUT2D eigenvalue weighted by Crippen LogP contribution is 2.21. The van der Waals surface area contributed by atoms with Crippen molar-refractivity contribution < 1.29 is 14.6 Å². The summed E-state index contributed by atoms with van der Waals surface area (Å²) in [5.74, 6) is 0.112. The number of aromatic nitrogens is 3. The van der Waals surface area contributed by atoms with Gasteiger partial charge in [-0.3, -0.25) is 19.5 Å². The molecule has 0 aliphatic carbocycles. The molecular formula is C25H27ClN4O4. The fourth-order valence-corrected chi connectivity index (χ4v) is 4.28. The number of hydrogen-bond donors (Lipinski definition) is 1. The van der Waals surface area contributed by atoms with Crippen LogP contribution in [0.5, 0.6) is 5.75 Å². The fraction of sp³-hybridized carbons (Fsp3) is 0.360. The molecule has 0 radical (unpaired) electrons. The normalized spacial score (nSPS) is 16.0. The van der Waals surface area contributed by atoms with Gasteiger partial charge in [-0.25, -0.2) is 4.68 Å². The third kappa shape index (κ3) is 5.88. The number of Topliss-reactive ketones (excluding diaryl/α,β-unsaturated/α-hetero) is 1. The van der Waals surface area contributed by atoms with Crippen molar-refractivity contribution in [3.8, 4) is 5.75 Å². The molecule has 1 aromatic carbocycles.